The van der Waals surface area contributed by atoms with Gasteiger partial charge in [-0.15, -0.1) is 0 Å². The Hall–Kier alpha value is -1.53. The molecule has 0 heterocycles. The minimum atomic E-state index is 0.482. The molecule has 4 saturated carbocycles. The molecule has 4 fully saturated rings. The molecule has 1 aromatic carbocycles. The molecule has 0 saturated heterocycles. The number of rotatable bonds is 5. The predicted octanol–water partition coefficient (Wildman–Crippen LogP) is 6.89. The molecule has 4 aliphatic rings. The van der Waals surface area contributed by atoms with Crippen LogP contribution in [0.3, 0.4) is 0 Å². The van der Waals surface area contributed by atoms with Crippen molar-refractivity contribution in [2.45, 2.75) is 77.7 Å². The van der Waals surface area contributed by atoms with Gasteiger partial charge in [0.25, 0.3) is 0 Å². The molecule has 3 nitrogen and oxygen atoms in total. The van der Waals surface area contributed by atoms with Crippen molar-refractivity contribution >= 4 is 5.69 Å². The molecule has 1 N–H and O–H groups in total. The lowest BCUT2D eigenvalue weighted by atomic mass is 9.49. The Balaban J connectivity index is 1.26. The summed E-state index contributed by atoms with van der Waals surface area (Å²) in [7, 11) is 1.87. The smallest absolute Gasteiger partial charge is 0.0991 e. The lowest BCUT2D eigenvalue weighted by Crippen LogP contribution is -2.50. The number of hydrogen-bond donors (Lipinski definition) is 1. The van der Waals surface area contributed by atoms with E-state index in [2.05, 4.69) is 37.4 Å². The third kappa shape index (κ3) is 3.87. The molecule has 0 amide bonds. The highest BCUT2D eigenvalue weighted by atomic mass is 16.5. The van der Waals surface area contributed by atoms with Gasteiger partial charge in [0.1, 0.15) is 0 Å². The fraction of sp³-hybridized carbons (Fsp3) is 0.759. The van der Waals surface area contributed by atoms with E-state index in [1.807, 2.05) is 19.2 Å². The maximum Gasteiger partial charge on any atom is 0.0991 e. The molecule has 9 atom stereocenters. The maximum absolute atomic E-state index is 9.07. The van der Waals surface area contributed by atoms with Gasteiger partial charge >= 0.3 is 0 Å². The number of methoxy groups -OCH3 is 1. The minimum Gasteiger partial charge on any atom is -0.384 e. The van der Waals surface area contributed by atoms with E-state index in [1.165, 1.54) is 57.8 Å². The first-order chi connectivity index (χ1) is 15.5. The topological polar surface area (TPSA) is 45.0 Å². The molecular formula is C29H42N2O. The second-order valence-corrected chi connectivity index (χ2v) is 11.9. The second-order valence-electron chi connectivity index (χ2n) is 11.9. The molecule has 1 aromatic rings. The lowest BCUT2D eigenvalue weighted by Gasteiger charge is -2.56. The van der Waals surface area contributed by atoms with Gasteiger partial charge in [-0.05, 0) is 136 Å². The van der Waals surface area contributed by atoms with Gasteiger partial charge < -0.3 is 10.1 Å². The number of nitrogens with zero attached hydrogens (tertiary/aromatic N) is 1. The van der Waals surface area contributed by atoms with E-state index < -0.39 is 0 Å². The lowest BCUT2D eigenvalue weighted by molar-refractivity contribution is -0.0728. The van der Waals surface area contributed by atoms with Crippen LogP contribution in [0.25, 0.3) is 0 Å². The third-order valence-electron chi connectivity index (χ3n) is 10.6. The fourth-order valence-electron chi connectivity index (χ4n) is 9.20. The predicted molar refractivity (Wildman–Crippen MR) is 130 cm³/mol. The van der Waals surface area contributed by atoms with Crippen LogP contribution in [0.4, 0.5) is 5.69 Å². The van der Waals surface area contributed by atoms with Crippen LogP contribution in [0.5, 0.6) is 0 Å². The number of fused-ring (bicyclic) bond motifs is 5. The van der Waals surface area contributed by atoms with Gasteiger partial charge in [0.15, 0.2) is 0 Å². The number of ether oxygens (including phenoxy) is 1. The van der Waals surface area contributed by atoms with Crippen LogP contribution in [0.15, 0.2) is 24.3 Å². The quantitative estimate of drug-likeness (QED) is 0.549. The zero-order chi connectivity index (χ0) is 22.3. The Labute approximate surface area is 195 Å². The summed E-state index contributed by atoms with van der Waals surface area (Å²) in [6, 6.07) is 10.7. The van der Waals surface area contributed by atoms with E-state index in [0.717, 1.165) is 59.3 Å². The van der Waals surface area contributed by atoms with Crippen molar-refractivity contribution in [3.8, 4) is 6.07 Å². The summed E-state index contributed by atoms with van der Waals surface area (Å²) in [6.07, 6.45) is 12.9. The van der Waals surface area contributed by atoms with Crippen molar-refractivity contribution < 1.29 is 4.74 Å². The average molecular weight is 435 g/mol. The first kappa shape index (κ1) is 22.3. The van der Waals surface area contributed by atoms with Crippen LogP contribution in [0, 0.1) is 58.2 Å². The van der Waals surface area contributed by atoms with E-state index in [-0.39, 0.29) is 0 Å². The molecule has 0 radical (unpaired) electrons. The molecule has 0 aliphatic heterocycles. The van der Waals surface area contributed by atoms with Crippen molar-refractivity contribution in [1.82, 2.24) is 0 Å². The SMILES string of the molecule is COC[C@H]1CC[C@@H]2C3CC[C@@]4(C)C(CCC4[C@H](C)Nc4ccc(C#N)cc4)[C@@H]3CC[C@@H]2C1. The average Bonchev–Trinajstić information content (AvgIpc) is 3.17. The molecule has 32 heavy (non-hydrogen) atoms. The van der Waals surface area contributed by atoms with Gasteiger partial charge in [-0.1, -0.05) is 6.92 Å². The number of hydrogen-bond acceptors (Lipinski definition) is 3. The molecule has 3 heteroatoms. The number of nitriles is 1. The molecule has 174 valence electrons. The van der Waals surface area contributed by atoms with E-state index in [0.29, 0.717) is 11.5 Å². The standard InChI is InChI=1S/C29H42N2O/c1-19(31-23-8-4-20(17-30)5-9-23)27-12-13-28-26-11-7-22-16-21(18-32-3)6-10-24(22)25(26)14-15-29(27,28)2/h4-5,8-9,19,21-22,24-28,31H,6-7,10-16,18H2,1-3H3/t19-,21-,22+,24-,25?,26+,27?,28?,29+/m0/s1. The maximum atomic E-state index is 9.07. The Morgan fingerprint density at radius 3 is 2.56 bits per heavy atom. The van der Waals surface area contributed by atoms with Gasteiger partial charge in [0.05, 0.1) is 11.6 Å². The van der Waals surface area contributed by atoms with Crippen LogP contribution in [-0.2, 0) is 4.74 Å². The van der Waals surface area contributed by atoms with Gasteiger partial charge in [0.2, 0.25) is 0 Å². The van der Waals surface area contributed by atoms with Gasteiger partial charge in [0, 0.05) is 25.4 Å². The molecule has 0 spiro atoms. The van der Waals surface area contributed by atoms with E-state index in [1.54, 1.807) is 0 Å². The summed E-state index contributed by atoms with van der Waals surface area (Å²) in [5.41, 5.74) is 2.38. The minimum absolute atomic E-state index is 0.482. The van der Waals surface area contributed by atoms with Crippen LogP contribution in [-0.4, -0.2) is 19.8 Å². The number of benzene rings is 1. The molecular weight excluding hydrogens is 392 g/mol. The Kier molecular flexibility index (Phi) is 6.28. The molecule has 3 unspecified atom stereocenters. The summed E-state index contributed by atoms with van der Waals surface area (Å²) in [6.45, 7) is 6.02. The summed E-state index contributed by atoms with van der Waals surface area (Å²) in [4.78, 5) is 0. The first-order valence-corrected chi connectivity index (χ1v) is 13.3. The van der Waals surface area contributed by atoms with Crippen molar-refractivity contribution in [2.75, 3.05) is 19.0 Å². The highest BCUT2D eigenvalue weighted by molar-refractivity contribution is 5.48. The molecule has 0 bridgehead atoms. The van der Waals surface area contributed by atoms with Crippen LogP contribution in [0.1, 0.15) is 77.2 Å². The highest BCUT2D eigenvalue weighted by Crippen LogP contribution is 2.65. The Morgan fingerprint density at radius 2 is 1.81 bits per heavy atom. The number of anilines is 1. The summed E-state index contributed by atoms with van der Waals surface area (Å²) in [5.74, 6) is 6.44. The molecule has 0 aromatic heterocycles. The zero-order valence-electron chi connectivity index (χ0n) is 20.4. The summed E-state index contributed by atoms with van der Waals surface area (Å²) >= 11 is 0. The zero-order valence-corrected chi connectivity index (χ0v) is 20.4. The van der Waals surface area contributed by atoms with Crippen molar-refractivity contribution in [3.63, 3.8) is 0 Å². The number of nitrogens with one attached hydrogen (secondary N) is 1. The van der Waals surface area contributed by atoms with E-state index >= 15 is 0 Å². The second kappa shape index (κ2) is 9.02. The third-order valence-corrected chi connectivity index (χ3v) is 10.6. The first-order valence-electron chi connectivity index (χ1n) is 13.3. The highest BCUT2D eigenvalue weighted by Gasteiger charge is 2.57. The summed E-state index contributed by atoms with van der Waals surface area (Å²) < 4.78 is 5.51. The largest absolute Gasteiger partial charge is 0.384 e. The van der Waals surface area contributed by atoms with Gasteiger partial charge in [-0.2, -0.15) is 5.26 Å². The van der Waals surface area contributed by atoms with Crippen LogP contribution >= 0.6 is 0 Å². The summed E-state index contributed by atoms with van der Waals surface area (Å²) in [5, 5.41) is 12.9. The normalized spacial score (nSPS) is 41.6. The van der Waals surface area contributed by atoms with Crippen molar-refractivity contribution in [3.05, 3.63) is 29.8 Å². The van der Waals surface area contributed by atoms with Crippen LogP contribution in [0.2, 0.25) is 0 Å². The Bertz CT molecular complexity index is 829. The fourth-order valence-corrected chi connectivity index (χ4v) is 9.20. The van der Waals surface area contributed by atoms with Crippen LogP contribution < -0.4 is 5.32 Å². The van der Waals surface area contributed by atoms with E-state index in [9.17, 15) is 0 Å². The van der Waals surface area contributed by atoms with Crippen molar-refractivity contribution in [2.24, 2.45) is 46.8 Å². The van der Waals surface area contributed by atoms with Crippen molar-refractivity contribution in [1.29, 1.82) is 5.26 Å². The Morgan fingerprint density at radius 1 is 1.03 bits per heavy atom. The molecule has 5 rings (SSSR count). The monoisotopic (exact) mass is 434 g/mol. The molecule has 4 aliphatic carbocycles. The van der Waals surface area contributed by atoms with Gasteiger partial charge in [-0.3, -0.25) is 0 Å². The van der Waals surface area contributed by atoms with E-state index in [4.69, 9.17) is 10.00 Å². The van der Waals surface area contributed by atoms with Gasteiger partial charge in [-0.25, -0.2) is 0 Å².